The molecule has 0 aliphatic carbocycles. The number of carbonyl (C=O) groups excluding carboxylic acids is 1. The lowest BCUT2D eigenvalue weighted by atomic mass is 10.1. The minimum atomic E-state index is -0.304. The molecule has 0 unspecified atom stereocenters. The predicted octanol–water partition coefficient (Wildman–Crippen LogP) is 5.87. The van der Waals surface area contributed by atoms with E-state index in [1.807, 2.05) is 72.8 Å². The van der Waals surface area contributed by atoms with Gasteiger partial charge in [-0.05, 0) is 47.5 Å². The molecule has 0 radical (unpaired) electrons. The van der Waals surface area contributed by atoms with Crippen molar-refractivity contribution in [3.05, 3.63) is 89.7 Å². The predicted molar refractivity (Wildman–Crippen MR) is 119 cm³/mol. The van der Waals surface area contributed by atoms with E-state index in [4.69, 9.17) is 13.9 Å². The Labute approximate surface area is 174 Å². The van der Waals surface area contributed by atoms with E-state index < -0.39 is 0 Å². The largest absolute Gasteiger partial charge is 0.497 e. The molecule has 1 N–H and O–H groups in total. The molecule has 1 aromatic heterocycles. The number of rotatable bonds is 6. The molecule has 0 aliphatic heterocycles. The third-order valence-electron chi connectivity index (χ3n) is 4.71. The van der Waals surface area contributed by atoms with Crippen LogP contribution in [0.5, 0.6) is 11.5 Å². The summed E-state index contributed by atoms with van der Waals surface area (Å²) in [4.78, 5) is 12.6. The molecular formula is C25H21NO4. The Hall–Kier alpha value is -3.99. The average Bonchev–Trinajstić information content (AvgIpc) is 3.23. The second-order valence-electron chi connectivity index (χ2n) is 6.67. The van der Waals surface area contributed by atoms with Gasteiger partial charge in [0.25, 0.3) is 5.91 Å². The standard InChI is InChI=1S/C25H21NO4/c1-28-20-12-9-17(10-13-20)8-11-18-14-21(29-2)15-23-22(18)16-24(30-23)25(27)26-19-6-4-3-5-7-19/h3-16H,1-2H3,(H,26,27)/b11-8+. The first-order valence-electron chi connectivity index (χ1n) is 9.46. The molecule has 0 spiro atoms. The van der Waals surface area contributed by atoms with E-state index in [1.54, 1.807) is 26.4 Å². The Morgan fingerprint density at radius 3 is 2.30 bits per heavy atom. The molecule has 4 rings (SSSR count). The Kier molecular flexibility index (Phi) is 5.52. The number of hydrogen-bond donors (Lipinski definition) is 1. The zero-order valence-corrected chi connectivity index (χ0v) is 16.7. The van der Waals surface area contributed by atoms with Gasteiger partial charge in [-0.25, -0.2) is 0 Å². The summed E-state index contributed by atoms with van der Waals surface area (Å²) in [6.45, 7) is 0. The van der Waals surface area contributed by atoms with Crippen molar-refractivity contribution in [1.82, 2.24) is 0 Å². The van der Waals surface area contributed by atoms with Crippen molar-refractivity contribution in [3.63, 3.8) is 0 Å². The summed E-state index contributed by atoms with van der Waals surface area (Å²) in [5.41, 5.74) is 3.21. The lowest BCUT2D eigenvalue weighted by molar-refractivity contribution is 0.0998. The Morgan fingerprint density at radius 1 is 0.867 bits per heavy atom. The Morgan fingerprint density at radius 2 is 1.60 bits per heavy atom. The lowest BCUT2D eigenvalue weighted by Gasteiger charge is -2.03. The van der Waals surface area contributed by atoms with Crippen molar-refractivity contribution in [2.75, 3.05) is 19.5 Å². The van der Waals surface area contributed by atoms with E-state index in [1.165, 1.54) is 0 Å². The van der Waals surface area contributed by atoms with Gasteiger partial charge in [-0.2, -0.15) is 0 Å². The number of benzene rings is 3. The summed E-state index contributed by atoms with van der Waals surface area (Å²) in [5.74, 6) is 1.39. The molecule has 0 saturated heterocycles. The second kappa shape index (κ2) is 8.57. The van der Waals surface area contributed by atoms with Crippen molar-refractivity contribution in [2.45, 2.75) is 0 Å². The van der Waals surface area contributed by atoms with Crippen LogP contribution in [-0.4, -0.2) is 20.1 Å². The highest BCUT2D eigenvalue weighted by atomic mass is 16.5. The van der Waals surface area contributed by atoms with Gasteiger partial charge in [0.1, 0.15) is 17.1 Å². The van der Waals surface area contributed by atoms with Crippen molar-refractivity contribution in [3.8, 4) is 11.5 Å². The van der Waals surface area contributed by atoms with Crippen LogP contribution in [0.15, 0.2) is 77.2 Å². The fourth-order valence-electron chi connectivity index (χ4n) is 3.12. The van der Waals surface area contributed by atoms with E-state index in [-0.39, 0.29) is 11.7 Å². The summed E-state index contributed by atoms with van der Waals surface area (Å²) >= 11 is 0. The second-order valence-corrected chi connectivity index (χ2v) is 6.67. The van der Waals surface area contributed by atoms with Crippen LogP contribution in [0.2, 0.25) is 0 Å². The van der Waals surface area contributed by atoms with E-state index in [2.05, 4.69) is 5.32 Å². The summed E-state index contributed by atoms with van der Waals surface area (Å²) in [6, 6.07) is 22.5. The van der Waals surface area contributed by atoms with Crippen LogP contribution in [0.4, 0.5) is 5.69 Å². The van der Waals surface area contributed by atoms with Crippen molar-refractivity contribution < 1.29 is 18.7 Å². The number of furan rings is 1. The third-order valence-corrected chi connectivity index (χ3v) is 4.71. The quantitative estimate of drug-likeness (QED) is 0.412. The smallest absolute Gasteiger partial charge is 0.291 e. The lowest BCUT2D eigenvalue weighted by Crippen LogP contribution is -2.10. The minimum Gasteiger partial charge on any atom is -0.497 e. The fourth-order valence-corrected chi connectivity index (χ4v) is 3.12. The summed E-state index contributed by atoms with van der Waals surface area (Å²) in [6.07, 6.45) is 3.96. The molecule has 1 heterocycles. The zero-order valence-electron chi connectivity index (χ0n) is 16.7. The van der Waals surface area contributed by atoms with Crippen LogP contribution in [0.1, 0.15) is 21.7 Å². The van der Waals surface area contributed by atoms with E-state index in [0.29, 0.717) is 17.0 Å². The van der Waals surface area contributed by atoms with Crippen LogP contribution in [0, 0.1) is 0 Å². The maximum Gasteiger partial charge on any atom is 0.291 e. The number of anilines is 1. The molecule has 5 nitrogen and oxygen atoms in total. The van der Waals surface area contributed by atoms with Gasteiger partial charge in [-0.3, -0.25) is 4.79 Å². The first kappa shape index (κ1) is 19.3. The number of fused-ring (bicyclic) bond motifs is 1. The minimum absolute atomic E-state index is 0.237. The van der Waals surface area contributed by atoms with Crippen LogP contribution in [0.3, 0.4) is 0 Å². The monoisotopic (exact) mass is 399 g/mol. The van der Waals surface area contributed by atoms with Crippen molar-refractivity contribution >= 4 is 34.7 Å². The number of hydrogen-bond acceptors (Lipinski definition) is 4. The highest BCUT2D eigenvalue weighted by Gasteiger charge is 2.15. The maximum absolute atomic E-state index is 12.6. The molecule has 150 valence electrons. The first-order chi connectivity index (χ1) is 14.7. The highest BCUT2D eigenvalue weighted by molar-refractivity contribution is 6.05. The molecule has 30 heavy (non-hydrogen) atoms. The Balaban J connectivity index is 1.66. The Bertz CT molecular complexity index is 1190. The van der Waals surface area contributed by atoms with E-state index >= 15 is 0 Å². The summed E-state index contributed by atoms with van der Waals surface area (Å²) < 4.78 is 16.4. The number of ether oxygens (including phenoxy) is 2. The first-order valence-corrected chi connectivity index (χ1v) is 9.46. The van der Waals surface area contributed by atoms with E-state index in [9.17, 15) is 4.79 Å². The normalized spacial score (nSPS) is 11.0. The van der Waals surface area contributed by atoms with Crippen molar-refractivity contribution in [2.24, 2.45) is 0 Å². The maximum atomic E-state index is 12.6. The van der Waals surface area contributed by atoms with E-state index in [0.717, 1.165) is 22.3 Å². The third kappa shape index (κ3) is 4.20. The van der Waals surface area contributed by atoms with Gasteiger partial charge in [0, 0.05) is 17.1 Å². The molecule has 3 aromatic carbocycles. The number of nitrogens with one attached hydrogen (secondary N) is 1. The molecule has 0 fully saturated rings. The summed E-state index contributed by atoms with van der Waals surface area (Å²) in [7, 11) is 3.24. The van der Waals surface area contributed by atoms with Gasteiger partial charge >= 0.3 is 0 Å². The fraction of sp³-hybridized carbons (Fsp3) is 0.0800. The van der Waals surface area contributed by atoms with Gasteiger partial charge in [0.05, 0.1) is 14.2 Å². The zero-order chi connectivity index (χ0) is 20.9. The molecule has 4 aromatic rings. The number of carbonyl (C=O) groups is 1. The van der Waals surface area contributed by atoms with Crippen LogP contribution < -0.4 is 14.8 Å². The van der Waals surface area contributed by atoms with Crippen LogP contribution in [-0.2, 0) is 0 Å². The number of para-hydroxylation sites is 1. The van der Waals surface area contributed by atoms with Crippen LogP contribution in [0.25, 0.3) is 23.1 Å². The average molecular weight is 399 g/mol. The molecule has 0 atom stereocenters. The molecule has 1 amide bonds. The van der Waals surface area contributed by atoms with Crippen LogP contribution >= 0.6 is 0 Å². The SMILES string of the molecule is COc1ccc(/C=C/c2cc(OC)cc3oc(C(=O)Nc4ccccc4)cc23)cc1. The van der Waals surface area contributed by atoms with Gasteiger partial charge in [0.2, 0.25) is 0 Å². The molecule has 5 heteroatoms. The van der Waals surface area contributed by atoms with Gasteiger partial charge in [-0.1, -0.05) is 42.5 Å². The molecule has 0 bridgehead atoms. The molecule has 0 saturated carbocycles. The molecule has 0 aliphatic rings. The van der Waals surface area contributed by atoms with Gasteiger partial charge in [-0.15, -0.1) is 0 Å². The number of methoxy groups -OCH3 is 2. The van der Waals surface area contributed by atoms with Gasteiger partial charge < -0.3 is 19.2 Å². The topological polar surface area (TPSA) is 60.7 Å². The number of amides is 1. The molecular weight excluding hydrogens is 378 g/mol. The van der Waals surface area contributed by atoms with Gasteiger partial charge in [0.15, 0.2) is 5.76 Å². The van der Waals surface area contributed by atoms with Crippen molar-refractivity contribution in [1.29, 1.82) is 0 Å². The summed E-state index contributed by atoms with van der Waals surface area (Å²) in [5, 5.41) is 3.67. The highest BCUT2D eigenvalue weighted by Crippen LogP contribution is 2.30.